The number of carboxylic acids is 1. The number of amides is 1. The third-order valence-electron chi connectivity index (χ3n) is 6.65. The lowest BCUT2D eigenvalue weighted by Crippen LogP contribution is -2.40. The molecule has 2 aromatic carbocycles. The van der Waals surface area contributed by atoms with Gasteiger partial charge in [0.25, 0.3) is 0 Å². The maximum absolute atomic E-state index is 12.7. The maximum atomic E-state index is 12.7. The number of hydrogen-bond donors (Lipinski definition) is 1. The average molecular weight is 427 g/mol. The van der Waals surface area contributed by atoms with E-state index in [0.29, 0.717) is 0 Å². The summed E-state index contributed by atoms with van der Waals surface area (Å²) < 4.78 is 29.5. The van der Waals surface area contributed by atoms with Crippen LogP contribution in [-0.4, -0.2) is 61.7 Å². The molecule has 2 heterocycles. The minimum atomic E-state index is -3.41. The van der Waals surface area contributed by atoms with Gasteiger partial charge in [-0.05, 0) is 22.3 Å². The van der Waals surface area contributed by atoms with Gasteiger partial charge in [-0.1, -0.05) is 48.5 Å². The maximum Gasteiger partial charge on any atom is 0.409 e. The predicted molar refractivity (Wildman–Crippen MR) is 109 cm³/mol. The number of carbonyl (C=O) groups excluding carboxylic acids is 1. The van der Waals surface area contributed by atoms with Crippen molar-refractivity contribution in [2.45, 2.75) is 5.92 Å². The van der Waals surface area contributed by atoms with E-state index in [1.807, 2.05) is 36.4 Å². The average Bonchev–Trinajstić information content (AvgIpc) is 3.30. The molecule has 0 saturated carbocycles. The van der Waals surface area contributed by atoms with Gasteiger partial charge in [-0.2, -0.15) is 0 Å². The molecule has 8 heteroatoms. The summed E-state index contributed by atoms with van der Waals surface area (Å²) in [5.41, 5.74) is 3.01. The summed E-state index contributed by atoms with van der Waals surface area (Å²) in [4.78, 5) is 26.0. The Morgan fingerprint density at radius 1 is 1.07 bits per heavy atom. The lowest BCUT2D eigenvalue weighted by Gasteiger charge is -2.22. The van der Waals surface area contributed by atoms with Crippen molar-refractivity contribution in [1.29, 1.82) is 0 Å². The van der Waals surface area contributed by atoms with Gasteiger partial charge in [-0.3, -0.25) is 4.79 Å². The second-order valence-electron chi connectivity index (χ2n) is 8.40. The zero-order chi connectivity index (χ0) is 21.1. The number of carboxylic acid groups (broad SMARTS) is 1. The highest BCUT2D eigenvalue weighted by molar-refractivity contribution is 7.91. The predicted octanol–water partition coefficient (Wildman–Crippen LogP) is 2.37. The number of hydrogen-bond acceptors (Lipinski definition) is 5. The lowest BCUT2D eigenvalue weighted by molar-refractivity contribution is -0.148. The normalized spacial score (nSPS) is 26.1. The number of carbonyl (C=O) groups is 2. The van der Waals surface area contributed by atoms with Crippen LogP contribution in [0.25, 0.3) is 11.1 Å². The summed E-state index contributed by atoms with van der Waals surface area (Å²) in [7, 11) is -3.41. The number of rotatable bonds is 3. The molecule has 2 aromatic rings. The Bertz CT molecular complexity index is 1110. The van der Waals surface area contributed by atoms with Crippen molar-refractivity contribution in [2.75, 3.05) is 31.2 Å². The highest BCUT2D eigenvalue weighted by atomic mass is 32.2. The van der Waals surface area contributed by atoms with Crippen molar-refractivity contribution >= 4 is 21.9 Å². The fraction of sp³-hybridized carbons (Fsp3) is 0.364. The Morgan fingerprint density at radius 2 is 1.67 bits per heavy atom. The number of ether oxygens (including phenoxy) is 1. The van der Waals surface area contributed by atoms with Crippen molar-refractivity contribution in [3.8, 4) is 11.1 Å². The quantitative estimate of drug-likeness (QED) is 0.807. The molecule has 2 fully saturated rings. The molecule has 3 aliphatic rings. The van der Waals surface area contributed by atoms with Crippen LogP contribution < -0.4 is 0 Å². The van der Waals surface area contributed by atoms with Gasteiger partial charge in [0.05, 0.1) is 11.5 Å². The van der Waals surface area contributed by atoms with Gasteiger partial charge in [-0.15, -0.1) is 0 Å². The van der Waals surface area contributed by atoms with E-state index in [4.69, 9.17) is 4.74 Å². The largest absolute Gasteiger partial charge is 0.481 e. The minimum Gasteiger partial charge on any atom is -0.481 e. The first-order valence-electron chi connectivity index (χ1n) is 9.84. The molecule has 2 aliphatic heterocycles. The molecule has 7 nitrogen and oxygen atoms in total. The van der Waals surface area contributed by atoms with E-state index in [0.717, 1.165) is 22.3 Å². The van der Waals surface area contributed by atoms with Gasteiger partial charge in [0.15, 0.2) is 9.84 Å². The monoisotopic (exact) mass is 427 g/mol. The topological polar surface area (TPSA) is 101 Å². The number of benzene rings is 2. The first kappa shape index (κ1) is 19.1. The van der Waals surface area contributed by atoms with Crippen LogP contribution >= 0.6 is 0 Å². The second kappa shape index (κ2) is 6.57. The van der Waals surface area contributed by atoms with Crippen molar-refractivity contribution in [3.05, 3.63) is 59.7 Å². The smallest absolute Gasteiger partial charge is 0.409 e. The third-order valence-corrected chi connectivity index (χ3v) is 8.51. The summed E-state index contributed by atoms with van der Waals surface area (Å²) in [6.45, 7) is 0.0947. The third kappa shape index (κ3) is 2.81. The van der Waals surface area contributed by atoms with E-state index in [1.165, 1.54) is 4.90 Å². The van der Waals surface area contributed by atoms with E-state index in [-0.39, 0.29) is 31.4 Å². The zero-order valence-corrected chi connectivity index (χ0v) is 17.0. The van der Waals surface area contributed by atoms with Crippen LogP contribution in [0, 0.1) is 11.3 Å². The van der Waals surface area contributed by atoms with Crippen molar-refractivity contribution in [1.82, 2.24) is 4.90 Å². The van der Waals surface area contributed by atoms with E-state index in [9.17, 15) is 23.1 Å². The van der Waals surface area contributed by atoms with Crippen LogP contribution in [0.5, 0.6) is 0 Å². The van der Waals surface area contributed by atoms with Gasteiger partial charge in [-0.25, -0.2) is 13.2 Å². The van der Waals surface area contributed by atoms with Crippen LogP contribution in [-0.2, 0) is 19.4 Å². The molecule has 0 radical (unpaired) electrons. The summed E-state index contributed by atoms with van der Waals surface area (Å²) in [5.74, 6) is -2.47. The molecule has 1 N–H and O–H groups in total. The van der Waals surface area contributed by atoms with Gasteiger partial charge in [0.2, 0.25) is 0 Å². The van der Waals surface area contributed by atoms with E-state index in [2.05, 4.69) is 12.1 Å². The standard InChI is InChI=1S/C22H21NO6S/c24-20(25)22-12-23(9-14(22)11-30(27,28)13-22)21(26)29-10-19-17-7-3-1-5-15(17)16-6-2-4-8-18(16)19/h1-8,14,19H,9-13H2,(H,24,25). The van der Waals surface area contributed by atoms with Crippen LogP contribution in [0.2, 0.25) is 0 Å². The Kier molecular flexibility index (Phi) is 4.18. The van der Waals surface area contributed by atoms with Crippen molar-refractivity contribution in [2.24, 2.45) is 11.3 Å². The first-order chi connectivity index (χ1) is 14.3. The Labute approximate surface area is 174 Å². The molecule has 0 aromatic heterocycles. The SMILES string of the molecule is O=C(OCC1c2ccccc2-c2ccccc21)N1CC2CS(=O)(=O)CC2(C(=O)O)C1. The van der Waals surface area contributed by atoms with Gasteiger partial charge >= 0.3 is 12.1 Å². The fourth-order valence-electron chi connectivity index (χ4n) is 5.24. The van der Waals surface area contributed by atoms with Crippen molar-refractivity contribution < 1.29 is 27.9 Å². The highest BCUT2D eigenvalue weighted by Gasteiger charge is 2.61. The molecule has 0 bridgehead atoms. The first-order valence-corrected chi connectivity index (χ1v) is 11.7. The molecule has 5 rings (SSSR count). The zero-order valence-electron chi connectivity index (χ0n) is 16.2. The molecule has 2 unspecified atom stereocenters. The van der Waals surface area contributed by atoms with Crippen LogP contribution in [0.1, 0.15) is 17.0 Å². The van der Waals surface area contributed by atoms with Crippen LogP contribution in [0.3, 0.4) is 0 Å². The lowest BCUT2D eigenvalue weighted by atomic mass is 9.81. The molecule has 1 aliphatic carbocycles. The molecular weight excluding hydrogens is 406 g/mol. The van der Waals surface area contributed by atoms with Crippen LogP contribution in [0.15, 0.2) is 48.5 Å². The number of aliphatic carboxylic acids is 1. The molecule has 156 valence electrons. The molecule has 30 heavy (non-hydrogen) atoms. The van der Waals surface area contributed by atoms with E-state index >= 15 is 0 Å². The molecule has 2 saturated heterocycles. The fourth-order valence-corrected chi connectivity index (χ4v) is 7.63. The Hall–Kier alpha value is -2.87. The van der Waals surface area contributed by atoms with Gasteiger partial charge in [0, 0.05) is 24.9 Å². The summed E-state index contributed by atoms with van der Waals surface area (Å²) in [6.07, 6.45) is -0.593. The van der Waals surface area contributed by atoms with Crippen molar-refractivity contribution in [3.63, 3.8) is 0 Å². The molecule has 1 amide bonds. The summed E-state index contributed by atoms with van der Waals surface area (Å²) in [6, 6.07) is 16.0. The minimum absolute atomic E-state index is 0.0855. The van der Waals surface area contributed by atoms with Crippen LogP contribution in [0.4, 0.5) is 4.79 Å². The van der Waals surface area contributed by atoms with Gasteiger partial charge in [0.1, 0.15) is 12.0 Å². The number of sulfone groups is 1. The molecular formula is C22H21NO6S. The highest BCUT2D eigenvalue weighted by Crippen LogP contribution is 2.46. The Morgan fingerprint density at radius 3 is 2.23 bits per heavy atom. The Balaban J connectivity index is 1.33. The van der Waals surface area contributed by atoms with E-state index < -0.39 is 39.0 Å². The molecule has 2 atom stereocenters. The number of nitrogens with zero attached hydrogens (tertiary/aromatic N) is 1. The molecule has 0 spiro atoms. The number of fused-ring (bicyclic) bond motifs is 4. The number of likely N-dealkylation sites (tertiary alicyclic amines) is 1. The van der Waals surface area contributed by atoms with Gasteiger partial charge < -0.3 is 14.7 Å². The van der Waals surface area contributed by atoms with E-state index in [1.54, 1.807) is 0 Å². The second-order valence-corrected chi connectivity index (χ2v) is 10.5. The summed E-state index contributed by atoms with van der Waals surface area (Å²) >= 11 is 0. The summed E-state index contributed by atoms with van der Waals surface area (Å²) in [5, 5.41) is 9.68.